The third kappa shape index (κ3) is 3.77. The van der Waals surface area contributed by atoms with Gasteiger partial charge in [-0.2, -0.15) is 5.26 Å². The van der Waals surface area contributed by atoms with E-state index >= 15 is 0 Å². The molecule has 0 heterocycles. The molecule has 0 aliphatic rings. The topological polar surface area (TPSA) is 64.9 Å². The first-order valence-corrected chi connectivity index (χ1v) is 6.23. The number of hydrogen-bond donors (Lipinski definition) is 2. The van der Waals surface area contributed by atoms with Crippen molar-refractivity contribution in [3.05, 3.63) is 29.8 Å². The summed E-state index contributed by atoms with van der Waals surface area (Å²) in [5.41, 5.74) is 1.44. The van der Waals surface area contributed by atoms with Crippen LogP contribution in [-0.4, -0.2) is 18.5 Å². The smallest absolute Gasteiger partial charge is 0.253 e. The first-order chi connectivity index (χ1) is 8.72. The Hall–Kier alpha value is -2.02. The van der Waals surface area contributed by atoms with E-state index in [1.54, 1.807) is 6.07 Å². The van der Waals surface area contributed by atoms with Crippen LogP contribution in [0.5, 0.6) is 0 Å². The summed E-state index contributed by atoms with van der Waals surface area (Å²) in [6, 6.07) is 9.39. The number of nitrogens with zero attached hydrogens (tertiary/aromatic N) is 1. The molecule has 1 atom stereocenters. The van der Waals surface area contributed by atoms with Crippen molar-refractivity contribution in [3.63, 3.8) is 0 Å². The van der Waals surface area contributed by atoms with Gasteiger partial charge in [-0.05, 0) is 25.5 Å². The molecule has 0 aromatic heterocycles. The van der Waals surface area contributed by atoms with Gasteiger partial charge in [-0.1, -0.05) is 19.1 Å². The molecule has 0 saturated heterocycles. The Morgan fingerprint density at radius 2 is 2.11 bits per heavy atom. The lowest BCUT2D eigenvalue weighted by Crippen LogP contribution is -2.34. The van der Waals surface area contributed by atoms with Crippen molar-refractivity contribution in [1.82, 2.24) is 5.32 Å². The molecule has 0 radical (unpaired) electrons. The molecule has 0 aliphatic heterocycles. The maximum absolute atomic E-state index is 12.1. The van der Waals surface area contributed by atoms with E-state index in [-0.39, 0.29) is 11.9 Å². The summed E-state index contributed by atoms with van der Waals surface area (Å²) in [5.74, 6) is -0.131. The maximum Gasteiger partial charge on any atom is 0.253 e. The monoisotopic (exact) mass is 245 g/mol. The molecule has 4 heteroatoms. The van der Waals surface area contributed by atoms with Crippen LogP contribution in [0.25, 0.3) is 0 Å². The zero-order chi connectivity index (χ0) is 13.4. The minimum Gasteiger partial charge on any atom is -0.385 e. The van der Waals surface area contributed by atoms with Crippen LogP contribution < -0.4 is 10.6 Å². The van der Waals surface area contributed by atoms with Crippen LogP contribution in [-0.2, 0) is 0 Å². The van der Waals surface area contributed by atoms with Crippen LogP contribution in [0, 0.1) is 11.3 Å². The van der Waals surface area contributed by atoms with Gasteiger partial charge in [-0.3, -0.25) is 4.79 Å². The number of nitriles is 1. The van der Waals surface area contributed by atoms with E-state index in [1.807, 2.05) is 32.0 Å². The van der Waals surface area contributed by atoms with Gasteiger partial charge in [0.1, 0.15) is 0 Å². The number of hydrogen-bond acceptors (Lipinski definition) is 3. The van der Waals surface area contributed by atoms with E-state index in [1.165, 1.54) is 0 Å². The Bertz CT molecular complexity index is 437. The predicted molar refractivity (Wildman–Crippen MR) is 72.4 cm³/mol. The lowest BCUT2D eigenvalue weighted by atomic mass is 10.1. The zero-order valence-electron chi connectivity index (χ0n) is 10.9. The predicted octanol–water partition coefficient (Wildman–Crippen LogP) is 2.54. The highest BCUT2D eigenvalue weighted by Crippen LogP contribution is 2.15. The highest BCUT2D eigenvalue weighted by Gasteiger charge is 2.14. The molecule has 0 spiro atoms. The molecule has 0 aliphatic carbocycles. The minimum absolute atomic E-state index is 0.0859. The molecule has 96 valence electrons. The van der Waals surface area contributed by atoms with Crippen molar-refractivity contribution in [1.29, 1.82) is 5.26 Å². The second-order valence-electron chi connectivity index (χ2n) is 4.02. The summed E-state index contributed by atoms with van der Waals surface area (Å²) >= 11 is 0. The largest absolute Gasteiger partial charge is 0.385 e. The van der Waals surface area contributed by atoms with Crippen LogP contribution in [0.3, 0.4) is 0 Å². The van der Waals surface area contributed by atoms with E-state index in [0.29, 0.717) is 12.0 Å². The summed E-state index contributed by atoms with van der Waals surface area (Å²) in [6.45, 7) is 4.71. The average molecular weight is 245 g/mol. The van der Waals surface area contributed by atoms with Gasteiger partial charge in [0.25, 0.3) is 5.91 Å². The van der Waals surface area contributed by atoms with E-state index < -0.39 is 0 Å². The van der Waals surface area contributed by atoms with Crippen molar-refractivity contribution < 1.29 is 4.79 Å². The number of amides is 1. The van der Waals surface area contributed by atoms with Crippen LogP contribution >= 0.6 is 0 Å². The third-order valence-corrected chi connectivity index (χ3v) is 2.70. The van der Waals surface area contributed by atoms with Crippen molar-refractivity contribution in [2.24, 2.45) is 0 Å². The number of nitrogens with one attached hydrogen (secondary N) is 2. The lowest BCUT2D eigenvalue weighted by molar-refractivity contribution is 0.0937. The van der Waals surface area contributed by atoms with Gasteiger partial charge >= 0.3 is 0 Å². The summed E-state index contributed by atoms with van der Waals surface area (Å²) < 4.78 is 0. The fraction of sp³-hybridized carbons (Fsp3) is 0.429. The SMILES string of the molecule is CCNc1ccccc1C(=O)NC(CC)CC#N. The Kier molecular flexibility index (Phi) is 5.72. The lowest BCUT2D eigenvalue weighted by Gasteiger charge is -2.15. The molecule has 1 aromatic rings. The zero-order valence-corrected chi connectivity index (χ0v) is 10.9. The number of carbonyl (C=O) groups excluding carboxylic acids is 1. The molecule has 4 nitrogen and oxygen atoms in total. The summed E-state index contributed by atoms with van der Waals surface area (Å²) in [5, 5.41) is 14.7. The molecule has 0 bridgehead atoms. The van der Waals surface area contributed by atoms with E-state index in [2.05, 4.69) is 16.7 Å². The van der Waals surface area contributed by atoms with E-state index in [0.717, 1.165) is 18.7 Å². The van der Waals surface area contributed by atoms with Gasteiger partial charge in [0.05, 0.1) is 18.1 Å². The highest BCUT2D eigenvalue weighted by atomic mass is 16.1. The molecule has 0 saturated carbocycles. The Morgan fingerprint density at radius 3 is 2.72 bits per heavy atom. The second-order valence-corrected chi connectivity index (χ2v) is 4.02. The summed E-state index contributed by atoms with van der Waals surface area (Å²) in [6.07, 6.45) is 1.09. The number of para-hydroxylation sites is 1. The average Bonchev–Trinajstić information content (AvgIpc) is 2.39. The molecule has 1 amide bonds. The van der Waals surface area contributed by atoms with Gasteiger partial charge in [-0.15, -0.1) is 0 Å². The normalized spacial score (nSPS) is 11.4. The van der Waals surface area contributed by atoms with E-state index in [9.17, 15) is 4.79 Å². The third-order valence-electron chi connectivity index (χ3n) is 2.70. The number of carbonyl (C=O) groups is 1. The maximum atomic E-state index is 12.1. The van der Waals surface area contributed by atoms with Gasteiger partial charge in [0.15, 0.2) is 0 Å². The van der Waals surface area contributed by atoms with Crippen molar-refractivity contribution in [2.45, 2.75) is 32.7 Å². The van der Waals surface area contributed by atoms with Crippen LogP contribution in [0.4, 0.5) is 5.69 Å². The van der Waals surface area contributed by atoms with Crippen molar-refractivity contribution >= 4 is 11.6 Å². The highest BCUT2D eigenvalue weighted by molar-refractivity contribution is 5.99. The quantitative estimate of drug-likeness (QED) is 0.809. The summed E-state index contributed by atoms with van der Waals surface area (Å²) in [4.78, 5) is 12.1. The molecule has 2 N–H and O–H groups in total. The first kappa shape index (κ1) is 14.0. The number of benzene rings is 1. The first-order valence-electron chi connectivity index (χ1n) is 6.23. The summed E-state index contributed by atoms with van der Waals surface area (Å²) in [7, 11) is 0. The van der Waals surface area contributed by atoms with Gasteiger partial charge in [0.2, 0.25) is 0 Å². The Balaban J connectivity index is 2.80. The molecule has 1 rings (SSSR count). The number of rotatable bonds is 6. The molecular formula is C14H19N3O. The second kappa shape index (κ2) is 7.33. The minimum atomic E-state index is -0.131. The van der Waals surface area contributed by atoms with Crippen LogP contribution in [0.1, 0.15) is 37.0 Å². The fourth-order valence-electron chi connectivity index (χ4n) is 1.70. The molecule has 1 unspecified atom stereocenters. The van der Waals surface area contributed by atoms with Gasteiger partial charge < -0.3 is 10.6 Å². The van der Waals surface area contributed by atoms with Crippen molar-refractivity contribution in [2.75, 3.05) is 11.9 Å². The van der Waals surface area contributed by atoms with Gasteiger partial charge in [0, 0.05) is 18.3 Å². The molecule has 18 heavy (non-hydrogen) atoms. The van der Waals surface area contributed by atoms with Gasteiger partial charge in [-0.25, -0.2) is 0 Å². The van der Waals surface area contributed by atoms with Crippen molar-refractivity contribution in [3.8, 4) is 6.07 Å². The Morgan fingerprint density at radius 1 is 1.39 bits per heavy atom. The molecule has 0 fully saturated rings. The molecule has 1 aromatic carbocycles. The molecular weight excluding hydrogens is 226 g/mol. The van der Waals surface area contributed by atoms with E-state index in [4.69, 9.17) is 5.26 Å². The Labute approximate surface area is 108 Å². The fourth-order valence-corrected chi connectivity index (χ4v) is 1.70. The standard InChI is InChI=1S/C14H19N3O/c1-3-11(9-10-15)17-14(18)12-7-5-6-8-13(12)16-4-2/h5-8,11,16H,3-4,9H2,1-2H3,(H,17,18). The van der Waals surface area contributed by atoms with Crippen LogP contribution in [0.2, 0.25) is 0 Å². The van der Waals surface area contributed by atoms with Crippen LogP contribution in [0.15, 0.2) is 24.3 Å². The number of anilines is 1.